The number of hydrogen-bond acceptors (Lipinski definition) is 6. The van der Waals surface area contributed by atoms with E-state index in [1.807, 2.05) is 23.1 Å². The normalized spacial score (nSPS) is 22.8. The van der Waals surface area contributed by atoms with Crippen LogP contribution in [0.3, 0.4) is 0 Å². The molecule has 0 saturated carbocycles. The Hall–Kier alpha value is -3.52. The van der Waals surface area contributed by atoms with E-state index < -0.39 is 11.4 Å². The van der Waals surface area contributed by atoms with Gasteiger partial charge in [-0.25, -0.2) is 4.79 Å². The monoisotopic (exact) mass is 446 g/mol. The second kappa shape index (κ2) is 8.44. The number of aromatic carboxylic acids is 1. The van der Waals surface area contributed by atoms with E-state index in [0.29, 0.717) is 36.9 Å². The number of carboxylic acids is 1. The van der Waals surface area contributed by atoms with Crippen LogP contribution in [0.2, 0.25) is 0 Å². The molecule has 8 heteroatoms. The fourth-order valence-corrected chi connectivity index (χ4v) is 5.27. The van der Waals surface area contributed by atoms with Crippen LogP contribution in [0.15, 0.2) is 59.1 Å². The summed E-state index contributed by atoms with van der Waals surface area (Å²) in [6.45, 7) is 5.30. The number of piperidine rings is 1. The molecule has 0 aliphatic carbocycles. The van der Waals surface area contributed by atoms with Crippen molar-refractivity contribution in [3.05, 3.63) is 83.0 Å². The molecular formula is C25H26N4O4. The van der Waals surface area contributed by atoms with Crippen molar-refractivity contribution in [3.8, 4) is 0 Å². The number of hydrogen-bond donors (Lipinski definition) is 1. The molecule has 2 atom stereocenters. The van der Waals surface area contributed by atoms with Crippen LogP contribution in [-0.2, 0) is 12.0 Å². The Morgan fingerprint density at radius 3 is 2.64 bits per heavy atom. The van der Waals surface area contributed by atoms with Crippen LogP contribution in [0.4, 0.5) is 0 Å². The van der Waals surface area contributed by atoms with Crippen molar-refractivity contribution >= 4 is 11.9 Å². The molecule has 33 heavy (non-hydrogen) atoms. The zero-order valence-corrected chi connectivity index (χ0v) is 18.5. The Morgan fingerprint density at radius 2 is 1.91 bits per heavy atom. The van der Waals surface area contributed by atoms with Crippen LogP contribution in [0.5, 0.6) is 0 Å². The summed E-state index contributed by atoms with van der Waals surface area (Å²) in [6, 6.07) is 16.6. The molecule has 170 valence electrons. The molecule has 2 aliphatic heterocycles. The highest BCUT2D eigenvalue weighted by Crippen LogP contribution is 2.44. The number of amides is 1. The number of carbonyl (C=O) groups excluding carboxylic acids is 1. The van der Waals surface area contributed by atoms with Crippen molar-refractivity contribution < 1.29 is 19.2 Å². The molecule has 0 unspecified atom stereocenters. The molecule has 1 N–H and O–H groups in total. The molecule has 0 bridgehead atoms. The summed E-state index contributed by atoms with van der Waals surface area (Å²) in [5, 5.41) is 13.4. The van der Waals surface area contributed by atoms with Crippen LogP contribution in [-0.4, -0.2) is 63.1 Å². The Kier molecular flexibility index (Phi) is 5.46. The topological polar surface area (TPSA) is 99.8 Å². The van der Waals surface area contributed by atoms with E-state index in [1.165, 1.54) is 17.7 Å². The van der Waals surface area contributed by atoms with Crippen molar-refractivity contribution in [3.63, 3.8) is 0 Å². The summed E-state index contributed by atoms with van der Waals surface area (Å²) in [7, 11) is 0. The Bertz CT molecular complexity index is 1180. The first kappa shape index (κ1) is 21.3. The number of rotatable bonds is 5. The van der Waals surface area contributed by atoms with Gasteiger partial charge in [0.2, 0.25) is 5.89 Å². The fourth-order valence-electron chi connectivity index (χ4n) is 5.27. The minimum atomic E-state index is -1.05. The molecule has 5 rings (SSSR count). The van der Waals surface area contributed by atoms with Gasteiger partial charge in [0.05, 0.1) is 11.0 Å². The quantitative estimate of drug-likeness (QED) is 0.643. The van der Waals surface area contributed by atoms with E-state index in [0.717, 1.165) is 19.5 Å². The predicted octanol–water partition coefficient (Wildman–Crippen LogP) is 2.99. The van der Waals surface area contributed by atoms with Gasteiger partial charge in [-0.15, -0.1) is 0 Å². The van der Waals surface area contributed by atoms with Gasteiger partial charge in [0.15, 0.2) is 5.82 Å². The molecule has 2 fully saturated rings. The maximum absolute atomic E-state index is 13.4. The van der Waals surface area contributed by atoms with Crippen LogP contribution < -0.4 is 0 Å². The van der Waals surface area contributed by atoms with E-state index >= 15 is 0 Å². The molecule has 8 nitrogen and oxygen atoms in total. The van der Waals surface area contributed by atoms with Gasteiger partial charge < -0.3 is 14.5 Å². The summed E-state index contributed by atoms with van der Waals surface area (Å²) in [5.74, 6) is 0.229. The molecule has 0 radical (unpaired) electrons. The van der Waals surface area contributed by atoms with Crippen LogP contribution in [0, 0.1) is 12.8 Å². The minimum Gasteiger partial charge on any atom is -0.478 e. The zero-order valence-electron chi connectivity index (χ0n) is 18.5. The average molecular weight is 447 g/mol. The first-order valence-corrected chi connectivity index (χ1v) is 11.1. The summed E-state index contributed by atoms with van der Waals surface area (Å²) in [5.41, 5.74) is 1.28. The first-order chi connectivity index (χ1) is 15.9. The number of aromatic nitrogens is 2. The highest BCUT2D eigenvalue weighted by molar-refractivity contribution is 5.97. The Balaban J connectivity index is 1.43. The lowest BCUT2D eigenvalue weighted by molar-refractivity contribution is 0.0536. The van der Waals surface area contributed by atoms with Gasteiger partial charge in [-0.05, 0) is 43.0 Å². The number of carboxylic acid groups (broad SMARTS) is 1. The summed E-state index contributed by atoms with van der Waals surface area (Å²) in [6.07, 6.45) is 0.817. The van der Waals surface area contributed by atoms with Gasteiger partial charge >= 0.3 is 5.97 Å². The average Bonchev–Trinajstić information content (AvgIpc) is 3.42. The lowest BCUT2D eigenvalue weighted by Crippen LogP contribution is -2.53. The number of aryl methyl sites for hydroxylation is 1. The van der Waals surface area contributed by atoms with Crippen LogP contribution in [0.1, 0.15) is 44.4 Å². The lowest BCUT2D eigenvalue weighted by atomic mass is 9.73. The molecule has 2 aromatic carbocycles. The predicted molar refractivity (Wildman–Crippen MR) is 120 cm³/mol. The molecule has 3 aromatic rings. The van der Waals surface area contributed by atoms with E-state index in [-0.39, 0.29) is 17.4 Å². The van der Waals surface area contributed by atoms with Gasteiger partial charge in [0, 0.05) is 38.3 Å². The summed E-state index contributed by atoms with van der Waals surface area (Å²) >= 11 is 0. The zero-order chi connectivity index (χ0) is 23.0. The molecule has 1 amide bonds. The highest BCUT2D eigenvalue weighted by atomic mass is 16.5. The van der Waals surface area contributed by atoms with Gasteiger partial charge in [0.25, 0.3) is 5.91 Å². The highest BCUT2D eigenvalue weighted by Gasteiger charge is 2.55. The number of fused-ring (bicyclic) bond motifs is 1. The molecule has 2 saturated heterocycles. The smallest absolute Gasteiger partial charge is 0.335 e. The van der Waals surface area contributed by atoms with Gasteiger partial charge in [-0.1, -0.05) is 41.6 Å². The van der Waals surface area contributed by atoms with Gasteiger partial charge in [-0.2, -0.15) is 4.98 Å². The third-order valence-electron chi connectivity index (χ3n) is 6.83. The number of nitrogens with zero attached hydrogens (tertiary/aromatic N) is 4. The largest absolute Gasteiger partial charge is 0.478 e. The van der Waals surface area contributed by atoms with Crippen LogP contribution in [0.25, 0.3) is 0 Å². The SMILES string of the molecule is Cc1noc([C@@]23CN(Cc4ccccc4)C[C@@H]2CCN(C(=O)c2cccc(C(=O)O)c2)C3)n1. The molecule has 0 spiro atoms. The summed E-state index contributed by atoms with van der Waals surface area (Å²) < 4.78 is 5.69. The van der Waals surface area contributed by atoms with E-state index in [2.05, 4.69) is 27.2 Å². The molecule has 1 aromatic heterocycles. The van der Waals surface area contributed by atoms with Crippen LogP contribution >= 0.6 is 0 Å². The maximum Gasteiger partial charge on any atom is 0.335 e. The minimum absolute atomic E-state index is 0.105. The van der Waals surface area contributed by atoms with E-state index in [9.17, 15) is 14.7 Å². The van der Waals surface area contributed by atoms with E-state index in [4.69, 9.17) is 4.52 Å². The molecule has 3 heterocycles. The maximum atomic E-state index is 13.4. The Morgan fingerprint density at radius 1 is 1.12 bits per heavy atom. The van der Waals surface area contributed by atoms with Crippen molar-refractivity contribution in [2.75, 3.05) is 26.2 Å². The molecular weight excluding hydrogens is 420 g/mol. The standard InChI is InChI=1S/C25H26N4O4/c1-17-26-24(33-27-17)25-15-28(13-18-6-3-2-4-7-18)14-21(25)10-11-29(16-25)22(30)19-8-5-9-20(12-19)23(31)32/h2-9,12,21H,10-11,13-16H2,1H3,(H,31,32)/t21-,25+/m0/s1. The first-order valence-electron chi connectivity index (χ1n) is 11.1. The number of carbonyl (C=O) groups is 2. The third-order valence-corrected chi connectivity index (χ3v) is 6.83. The van der Waals surface area contributed by atoms with Gasteiger partial charge in [-0.3, -0.25) is 9.69 Å². The van der Waals surface area contributed by atoms with Crippen molar-refractivity contribution in [1.29, 1.82) is 0 Å². The van der Waals surface area contributed by atoms with E-state index in [1.54, 1.807) is 19.1 Å². The summed E-state index contributed by atoms with van der Waals surface area (Å²) in [4.78, 5) is 33.5. The fraction of sp³-hybridized carbons (Fsp3) is 0.360. The number of likely N-dealkylation sites (tertiary alicyclic amines) is 2. The van der Waals surface area contributed by atoms with Crippen molar-refractivity contribution in [2.24, 2.45) is 5.92 Å². The van der Waals surface area contributed by atoms with Crippen molar-refractivity contribution in [1.82, 2.24) is 19.9 Å². The van der Waals surface area contributed by atoms with Crippen molar-refractivity contribution in [2.45, 2.75) is 25.3 Å². The molecule has 2 aliphatic rings. The second-order valence-electron chi connectivity index (χ2n) is 9.06. The van der Waals surface area contributed by atoms with Gasteiger partial charge in [0.1, 0.15) is 0 Å². The third kappa shape index (κ3) is 4.02. The second-order valence-corrected chi connectivity index (χ2v) is 9.06. The lowest BCUT2D eigenvalue weighted by Gasteiger charge is -2.41. The Labute approximate surface area is 191 Å². The number of benzene rings is 2.